The number of fused-ring (bicyclic) bond motifs is 3. The number of nitrogens with zero attached hydrogens (tertiary/aromatic N) is 2. The molecule has 146 valence electrons. The van der Waals surface area contributed by atoms with Crippen LogP contribution in [0.1, 0.15) is 41.6 Å². The monoisotopic (exact) mass is 397 g/mol. The summed E-state index contributed by atoms with van der Waals surface area (Å²) in [7, 11) is 0. The summed E-state index contributed by atoms with van der Waals surface area (Å²) in [6.45, 7) is 3.74. The van der Waals surface area contributed by atoms with E-state index in [-0.39, 0.29) is 18.1 Å². The molecule has 0 bridgehead atoms. The number of nitrogens with one attached hydrogen (secondary N) is 1. The van der Waals surface area contributed by atoms with Crippen LogP contribution in [0.15, 0.2) is 29.1 Å². The van der Waals surface area contributed by atoms with Crippen LogP contribution in [0.2, 0.25) is 0 Å². The van der Waals surface area contributed by atoms with E-state index >= 15 is 0 Å². The van der Waals surface area contributed by atoms with Gasteiger partial charge in [-0.25, -0.2) is 9.66 Å². The van der Waals surface area contributed by atoms with Gasteiger partial charge in [0.25, 0.3) is 11.5 Å². The van der Waals surface area contributed by atoms with E-state index in [9.17, 15) is 9.59 Å². The fourth-order valence-corrected chi connectivity index (χ4v) is 4.81. The van der Waals surface area contributed by atoms with Crippen molar-refractivity contribution in [1.29, 1.82) is 0 Å². The Bertz CT molecular complexity index is 1080. The van der Waals surface area contributed by atoms with E-state index in [0.29, 0.717) is 23.4 Å². The number of carbonyl (C=O) groups excluding carboxylic acids is 1. The van der Waals surface area contributed by atoms with Gasteiger partial charge in [0, 0.05) is 11.3 Å². The molecule has 28 heavy (non-hydrogen) atoms. The van der Waals surface area contributed by atoms with Crippen molar-refractivity contribution in [3.63, 3.8) is 0 Å². The summed E-state index contributed by atoms with van der Waals surface area (Å²) in [6, 6.07) is 7.48. The Balaban J connectivity index is 1.60. The minimum atomic E-state index is -0.386. The Morgan fingerprint density at radius 1 is 1.25 bits per heavy atom. The number of thiophene rings is 1. The zero-order chi connectivity index (χ0) is 19.7. The zero-order valence-corrected chi connectivity index (χ0v) is 16.9. The van der Waals surface area contributed by atoms with Crippen LogP contribution in [0, 0.1) is 6.92 Å². The highest BCUT2D eigenvalue weighted by Crippen LogP contribution is 2.33. The normalized spacial score (nSPS) is 13.4. The molecular weight excluding hydrogens is 374 g/mol. The van der Waals surface area contributed by atoms with Crippen LogP contribution in [-0.2, 0) is 24.1 Å². The Kier molecular flexibility index (Phi) is 5.17. The fourth-order valence-electron chi connectivity index (χ4n) is 3.54. The largest absolute Gasteiger partial charge is 0.484 e. The van der Waals surface area contributed by atoms with Crippen molar-refractivity contribution >= 4 is 27.5 Å². The first-order chi connectivity index (χ1) is 13.6. The van der Waals surface area contributed by atoms with Gasteiger partial charge in [-0.05, 0) is 50.3 Å². The van der Waals surface area contributed by atoms with Crippen molar-refractivity contribution in [2.75, 3.05) is 12.0 Å². The van der Waals surface area contributed by atoms with Gasteiger partial charge in [-0.3, -0.25) is 15.0 Å². The first-order valence-electron chi connectivity index (χ1n) is 9.62. The number of amides is 1. The number of rotatable bonds is 5. The van der Waals surface area contributed by atoms with E-state index in [2.05, 4.69) is 10.4 Å². The van der Waals surface area contributed by atoms with Gasteiger partial charge in [-0.2, -0.15) is 0 Å². The number of aryl methyl sites for hydroxylation is 4. The molecule has 0 saturated carbocycles. The lowest BCUT2D eigenvalue weighted by atomic mass is 9.97. The Morgan fingerprint density at radius 2 is 2.00 bits per heavy atom. The summed E-state index contributed by atoms with van der Waals surface area (Å²) in [4.78, 5) is 32.3. The number of aromatic nitrogens is 2. The van der Waals surface area contributed by atoms with Crippen LogP contribution in [0.3, 0.4) is 0 Å². The van der Waals surface area contributed by atoms with Crippen LogP contribution < -0.4 is 15.7 Å². The first kappa shape index (κ1) is 18.7. The molecule has 0 atom stereocenters. The van der Waals surface area contributed by atoms with E-state index < -0.39 is 0 Å². The molecule has 7 heteroatoms. The van der Waals surface area contributed by atoms with Gasteiger partial charge in [-0.15, -0.1) is 11.3 Å². The highest BCUT2D eigenvalue weighted by Gasteiger charge is 2.22. The molecule has 2 heterocycles. The molecule has 1 aliphatic rings. The second-order valence-corrected chi connectivity index (χ2v) is 8.13. The zero-order valence-electron chi connectivity index (χ0n) is 16.1. The number of benzene rings is 1. The average molecular weight is 398 g/mol. The van der Waals surface area contributed by atoms with E-state index in [0.717, 1.165) is 41.6 Å². The molecule has 1 aliphatic carbocycles. The predicted molar refractivity (Wildman–Crippen MR) is 111 cm³/mol. The van der Waals surface area contributed by atoms with Gasteiger partial charge in [0.2, 0.25) is 0 Å². The van der Waals surface area contributed by atoms with E-state index in [1.807, 2.05) is 38.1 Å². The van der Waals surface area contributed by atoms with Crippen molar-refractivity contribution < 1.29 is 9.53 Å². The summed E-state index contributed by atoms with van der Waals surface area (Å²) in [5.41, 5.74) is 4.73. The fraction of sp³-hybridized carbons (Fsp3) is 0.381. The minimum absolute atomic E-state index is 0.168. The van der Waals surface area contributed by atoms with Gasteiger partial charge in [0.1, 0.15) is 16.4 Å². The van der Waals surface area contributed by atoms with Crippen LogP contribution in [0.25, 0.3) is 10.2 Å². The van der Waals surface area contributed by atoms with Crippen molar-refractivity contribution in [2.24, 2.45) is 0 Å². The van der Waals surface area contributed by atoms with E-state index in [1.54, 1.807) is 11.3 Å². The average Bonchev–Trinajstić information content (AvgIpc) is 3.08. The molecule has 0 aliphatic heterocycles. The van der Waals surface area contributed by atoms with Crippen molar-refractivity contribution in [1.82, 2.24) is 9.66 Å². The lowest BCUT2D eigenvalue weighted by Gasteiger charge is -2.14. The van der Waals surface area contributed by atoms with Gasteiger partial charge in [0.15, 0.2) is 6.61 Å². The lowest BCUT2D eigenvalue weighted by Crippen LogP contribution is -2.38. The molecule has 1 aromatic carbocycles. The maximum atomic E-state index is 13.2. The van der Waals surface area contributed by atoms with Crippen molar-refractivity contribution in [2.45, 2.75) is 46.0 Å². The molecule has 0 radical (unpaired) electrons. The first-order valence-corrected chi connectivity index (χ1v) is 10.4. The third kappa shape index (κ3) is 3.54. The summed E-state index contributed by atoms with van der Waals surface area (Å²) in [5.74, 6) is 0.784. The quantitative estimate of drug-likeness (QED) is 0.717. The van der Waals surface area contributed by atoms with Gasteiger partial charge < -0.3 is 4.74 Å². The molecule has 0 fully saturated rings. The SMILES string of the molecule is CCc1nc2sc3c(c2c(=O)n1NC(=O)COc1ccc(C)cc1)CCCC3. The van der Waals surface area contributed by atoms with Crippen LogP contribution in [0.4, 0.5) is 0 Å². The predicted octanol–water partition coefficient (Wildman–Crippen LogP) is 3.36. The lowest BCUT2D eigenvalue weighted by molar-refractivity contribution is -0.119. The molecule has 4 rings (SSSR count). The summed E-state index contributed by atoms with van der Waals surface area (Å²) < 4.78 is 6.82. The Morgan fingerprint density at radius 3 is 2.75 bits per heavy atom. The Labute approximate surface area is 167 Å². The Hall–Kier alpha value is -2.67. The van der Waals surface area contributed by atoms with Crippen LogP contribution in [-0.4, -0.2) is 22.2 Å². The molecule has 0 spiro atoms. The number of carbonyl (C=O) groups is 1. The van der Waals surface area contributed by atoms with Crippen LogP contribution >= 0.6 is 11.3 Å². The second-order valence-electron chi connectivity index (χ2n) is 7.05. The van der Waals surface area contributed by atoms with Crippen molar-refractivity contribution in [3.8, 4) is 5.75 Å². The van der Waals surface area contributed by atoms with Crippen LogP contribution in [0.5, 0.6) is 5.75 Å². The smallest absolute Gasteiger partial charge is 0.281 e. The second kappa shape index (κ2) is 7.75. The third-order valence-electron chi connectivity index (χ3n) is 5.00. The number of ether oxygens (including phenoxy) is 1. The molecule has 0 unspecified atom stereocenters. The maximum Gasteiger partial charge on any atom is 0.281 e. The molecular formula is C21H23N3O3S. The molecule has 3 aromatic rings. The standard InChI is InChI=1S/C21H23N3O3S/c1-3-17-22-20-19(15-6-4-5-7-16(15)28-20)21(26)24(17)23-18(25)12-27-14-10-8-13(2)9-11-14/h8-11H,3-7,12H2,1-2H3,(H,23,25). The minimum Gasteiger partial charge on any atom is -0.484 e. The molecule has 0 saturated heterocycles. The van der Waals surface area contributed by atoms with Crippen molar-refractivity contribution in [3.05, 3.63) is 56.4 Å². The highest BCUT2D eigenvalue weighted by atomic mass is 32.1. The summed E-state index contributed by atoms with van der Waals surface area (Å²) in [5, 5.41) is 0.664. The van der Waals surface area contributed by atoms with Gasteiger partial charge >= 0.3 is 0 Å². The number of hydrogen-bond donors (Lipinski definition) is 1. The summed E-state index contributed by atoms with van der Waals surface area (Å²) >= 11 is 1.62. The summed E-state index contributed by atoms with van der Waals surface area (Å²) in [6.07, 6.45) is 4.70. The maximum absolute atomic E-state index is 13.2. The highest BCUT2D eigenvalue weighted by molar-refractivity contribution is 7.18. The topological polar surface area (TPSA) is 73.2 Å². The van der Waals surface area contributed by atoms with E-state index in [4.69, 9.17) is 4.74 Å². The molecule has 6 nitrogen and oxygen atoms in total. The molecule has 1 amide bonds. The van der Waals surface area contributed by atoms with Gasteiger partial charge in [-0.1, -0.05) is 24.6 Å². The number of hydrogen-bond acceptors (Lipinski definition) is 5. The molecule has 2 aromatic heterocycles. The van der Waals surface area contributed by atoms with E-state index in [1.165, 1.54) is 9.55 Å². The molecule has 1 N–H and O–H groups in total. The van der Waals surface area contributed by atoms with Gasteiger partial charge in [0.05, 0.1) is 5.39 Å². The third-order valence-corrected chi connectivity index (χ3v) is 6.19.